The summed E-state index contributed by atoms with van der Waals surface area (Å²) in [5.74, 6) is -1.10. The standard InChI is InChI=1S/C30H28ClF3N4O3/c1-4-41-26(39)17-23-27(29(40)37(3)18(2)19-9-13-21(14-10-19)30(32,33)34)36-38(25-8-6-5-7-24(25)31)28(23)20-11-15-22(35)16-12-20/h5-16,18H,4,17,35H2,1-3H3/t18-/m1/s1. The monoisotopic (exact) mass is 584 g/mol. The highest BCUT2D eigenvalue weighted by molar-refractivity contribution is 6.32. The Balaban J connectivity index is 1.86. The molecule has 214 valence electrons. The number of para-hydroxylation sites is 1. The molecule has 0 aliphatic heterocycles. The first-order valence-corrected chi connectivity index (χ1v) is 13.1. The predicted molar refractivity (Wildman–Crippen MR) is 151 cm³/mol. The maximum absolute atomic E-state index is 14.0. The fraction of sp³-hybridized carbons (Fsp3) is 0.233. The van der Waals surface area contributed by atoms with Crippen molar-refractivity contribution in [1.29, 1.82) is 0 Å². The lowest BCUT2D eigenvalue weighted by Gasteiger charge is -2.25. The van der Waals surface area contributed by atoms with E-state index in [2.05, 4.69) is 5.10 Å². The Labute approximate surface area is 240 Å². The molecule has 0 aliphatic carbocycles. The van der Waals surface area contributed by atoms with Gasteiger partial charge in [-0.25, -0.2) is 4.68 Å². The van der Waals surface area contributed by atoms with Crippen molar-refractivity contribution in [2.75, 3.05) is 19.4 Å². The Morgan fingerprint density at radius 2 is 1.68 bits per heavy atom. The summed E-state index contributed by atoms with van der Waals surface area (Å²) in [6, 6.07) is 17.8. The van der Waals surface area contributed by atoms with Crippen molar-refractivity contribution in [3.05, 3.63) is 100 Å². The Kier molecular flexibility index (Phi) is 8.72. The summed E-state index contributed by atoms with van der Waals surface area (Å²) < 4.78 is 45.9. The highest BCUT2D eigenvalue weighted by Crippen LogP contribution is 2.35. The van der Waals surface area contributed by atoms with Crippen LogP contribution in [0.1, 0.15) is 47.1 Å². The molecule has 0 saturated carbocycles. The zero-order chi connectivity index (χ0) is 29.9. The van der Waals surface area contributed by atoms with Crippen molar-refractivity contribution in [2.45, 2.75) is 32.5 Å². The van der Waals surface area contributed by atoms with Crippen LogP contribution in [0.15, 0.2) is 72.8 Å². The quantitative estimate of drug-likeness (QED) is 0.183. The van der Waals surface area contributed by atoms with E-state index in [9.17, 15) is 22.8 Å². The van der Waals surface area contributed by atoms with E-state index in [0.717, 1.165) is 12.1 Å². The fourth-order valence-corrected chi connectivity index (χ4v) is 4.61. The first-order valence-electron chi connectivity index (χ1n) is 12.7. The average Bonchev–Trinajstić information content (AvgIpc) is 3.30. The molecule has 0 radical (unpaired) electrons. The number of alkyl halides is 3. The SMILES string of the molecule is CCOC(=O)Cc1c(C(=O)N(C)[C@H](C)c2ccc(C(F)(F)F)cc2)nn(-c2ccccc2Cl)c1-c1ccc(N)cc1. The summed E-state index contributed by atoms with van der Waals surface area (Å²) in [7, 11) is 1.52. The molecular weight excluding hydrogens is 557 g/mol. The molecule has 0 unspecified atom stereocenters. The zero-order valence-electron chi connectivity index (χ0n) is 22.6. The Morgan fingerprint density at radius 3 is 2.27 bits per heavy atom. The second-order valence-electron chi connectivity index (χ2n) is 9.35. The van der Waals surface area contributed by atoms with Crippen LogP contribution >= 0.6 is 11.6 Å². The van der Waals surface area contributed by atoms with E-state index < -0.39 is 29.7 Å². The van der Waals surface area contributed by atoms with Gasteiger partial charge in [0.1, 0.15) is 0 Å². The molecule has 1 amide bonds. The van der Waals surface area contributed by atoms with Crippen LogP contribution in [-0.2, 0) is 22.1 Å². The van der Waals surface area contributed by atoms with Gasteiger partial charge in [-0.15, -0.1) is 0 Å². The molecule has 1 heterocycles. The number of benzene rings is 3. The highest BCUT2D eigenvalue weighted by Gasteiger charge is 2.32. The number of nitrogens with two attached hydrogens (primary N) is 1. The molecule has 1 atom stereocenters. The highest BCUT2D eigenvalue weighted by atomic mass is 35.5. The Hall–Kier alpha value is -4.31. The third kappa shape index (κ3) is 6.38. The van der Waals surface area contributed by atoms with Crippen molar-refractivity contribution in [2.24, 2.45) is 0 Å². The second-order valence-corrected chi connectivity index (χ2v) is 9.76. The minimum Gasteiger partial charge on any atom is -0.466 e. The van der Waals surface area contributed by atoms with Gasteiger partial charge in [0, 0.05) is 23.9 Å². The van der Waals surface area contributed by atoms with Gasteiger partial charge in [-0.05, 0) is 55.8 Å². The van der Waals surface area contributed by atoms with Crippen LogP contribution in [-0.4, -0.2) is 40.2 Å². The molecule has 0 aliphatic rings. The molecule has 0 saturated heterocycles. The molecule has 1 aromatic heterocycles. The normalized spacial score (nSPS) is 12.2. The molecule has 7 nitrogen and oxygen atoms in total. The molecular formula is C30H28ClF3N4O3. The number of aromatic nitrogens is 2. The topological polar surface area (TPSA) is 90.5 Å². The second kappa shape index (κ2) is 12.1. The predicted octanol–water partition coefficient (Wildman–Crippen LogP) is 6.73. The van der Waals surface area contributed by atoms with Crippen LogP contribution in [0.4, 0.5) is 18.9 Å². The lowest BCUT2D eigenvalue weighted by Crippen LogP contribution is -2.31. The van der Waals surface area contributed by atoms with Gasteiger partial charge >= 0.3 is 12.1 Å². The number of esters is 1. The smallest absolute Gasteiger partial charge is 0.416 e. The van der Waals surface area contributed by atoms with E-state index in [1.165, 1.54) is 28.8 Å². The molecule has 0 bridgehead atoms. The number of hydrogen-bond acceptors (Lipinski definition) is 5. The van der Waals surface area contributed by atoms with E-state index in [1.54, 1.807) is 62.4 Å². The number of anilines is 1. The molecule has 0 spiro atoms. The summed E-state index contributed by atoms with van der Waals surface area (Å²) in [6.07, 6.45) is -4.74. The number of halogens is 4. The van der Waals surface area contributed by atoms with Gasteiger partial charge in [0.15, 0.2) is 5.69 Å². The van der Waals surface area contributed by atoms with Crippen molar-refractivity contribution in [3.8, 4) is 16.9 Å². The van der Waals surface area contributed by atoms with E-state index in [1.807, 2.05) is 0 Å². The molecule has 0 fully saturated rings. The minimum absolute atomic E-state index is 0.0222. The van der Waals surface area contributed by atoms with Crippen LogP contribution in [0, 0.1) is 0 Å². The van der Waals surface area contributed by atoms with Gasteiger partial charge in [0.25, 0.3) is 5.91 Å². The third-order valence-electron chi connectivity index (χ3n) is 6.70. The molecule has 11 heteroatoms. The summed E-state index contributed by atoms with van der Waals surface area (Å²) >= 11 is 6.53. The lowest BCUT2D eigenvalue weighted by molar-refractivity contribution is -0.142. The van der Waals surface area contributed by atoms with E-state index in [4.69, 9.17) is 22.1 Å². The van der Waals surface area contributed by atoms with Crippen molar-refractivity contribution >= 4 is 29.2 Å². The first-order chi connectivity index (χ1) is 19.4. The number of amides is 1. The number of hydrogen-bond donors (Lipinski definition) is 1. The van der Waals surface area contributed by atoms with Gasteiger partial charge in [-0.1, -0.05) is 48.0 Å². The minimum atomic E-state index is -4.48. The number of ether oxygens (including phenoxy) is 1. The van der Waals surface area contributed by atoms with Gasteiger partial charge in [0.05, 0.1) is 41.0 Å². The Bertz CT molecular complexity index is 1550. The van der Waals surface area contributed by atoms with Crippen LogP contribution in [0.25, 0.3) is 16.9 Å². The van der Waals surface area contributed by atoms with E-state index >= 15 is 0 Å². The van der Waals surface area contributed by atoms with Gasteiger partial charge < -0.3 is 15.4 Å². The number of nitrogens with zero attached hydrogens (tertiary/aromatic N) is 3. The van der Waals surface area contributed by atoms with E-state index in [-0.39, 0.29) is 18.7 Å². The van der Waals surface area contributed by atoms with Gasteiger partial charge in [0.2, 0.25) is 0 Å². The first kappa shape index (κ1) is 29.7. The van der Waals surface area contributed by atoms with Gasteiger partial charge in [-0.2, -0.15) is 18.3 Å². The largest absolute Gasteiger partial charge is 0.466 e. The van der Waals surface area contributed by atoms with Crippen LogP contribution in [0.2, 0.25) is 5.02 Å². The summed E-state index contributed by atoms with van der Waals surface area (Å²) in [4.78, 5) is 28.1. The lowest BCUT2D eigenvalue weighted by atomic mass is 10.0. The van der Waals surface area contributed by atoms with Gasteiger partial charge in [-0.3, -0.25) is 9.59 Å². The molecule has 3 aromatic carbocycles. The van der Waals surface area contributed by atoms with Crippen LogP contribution in [0.3, 0.4) is 0 Å². The van der Waals surface area contributed by atoms with Crippen LogP contribution < -0.4 is 5.73 Å². The molecule has 4 rings (SSSR count). The summed E-state index contributed by atoms with van der Waals surface area (Å²) in [6.45, 7) is 3.51. The number of nitrogen functional groups attached to an aromatic ring is 1. The molecule has 4 aromatic rings. The summed E-state index contributed by atoms with van der Waals surface area (Å²) in [5, 5.41) is 5.01. The van der Waals surface area contributed by atoms with Crippen molar-refractivity contribution in [3.63, 3.8) is 0 Å². The number of rotatable bonds is 8. The molecule has 2 N–H and O–H groups in total. The maximum atomic E-state index is 14.0. The third-order valence-corrected chi connectivity index (χ3v) is 7.02. The Morgan fingerprint density at radius 1 is 1.05 bits per heavy atom. The average molecular weight is 585 g/mol. The number of carbonyl (C=O) groups is 2. The van der Waals surface area contributed by atoms with Crippen LogP contribution in [0.5, 0.6) is 0 Å². The maximum Gasteiger partial charge on any atom is 0.416 e. The van der Waals surface area contributed by atoms with Crippen molar-refractivity contribution in [1.82, 2.24) is 14.7 Å². The number of carbonyl (C=O) groups excluding carboxylic acids is 2. The van der Waals surface area contributed by atoms with E-state index in [0.29, 0.717) is 38.8 Å². The summed E-state index contributed by atoms with van der Waals surface area (Å²) in [5.41, 5.74) is 7.97. The molecule has 41 heavy (non-hydrogen) atoms. The van der Waals surface area contributed by atoms with Crippen molar-refractivity contribution < 1.29 is 27.5 Å². The zero-order valence-corrected chi connectivity index (χ0v) is 23.3. The fourth-order valence-electron chi connectivity index (χ4n) is 4.40.